The Kier molecular flexibility index (Phi) is 5.39. The molecule has 0 radical (unpaired) electrons. The SMILES string of the molecule is COc1cccc(N2C(=O)Nc3ccccc3C2(O)C(=O)NC2CCCCC2C)c1. The lowest BCUT2D eigenvalue weighted by atomic mass is 9.85. The third-order valence-electron chi connectivity index (χ3n) is 6.13. The van der Waals surface area contributed by atoms with E-state index in [1.807, 2.05) is 0 Å². The molecule has 0 saturated heterocycles. The molecule has 3 atom stereocenters. The predicted octanol–water partition coefficient (Wildman–Crippen LogP) is 3.59. The van der Waals surface area contributed by atoms with Gasteiger partial charge in [0.05, 0.1) is 18.5 Å². The minimum atomic E-state index is -2.19. The van der Waals surface area contributed by atoms with E-state index >= 15 is 0 Å². The number of carbonyl (C=O) groups is 2. The number of ether oxygens (including phenoxy) is 1. The molecule has 0 bridgehead atoms. The van der Waals surface area contributed by atoms with Crippen molar-refractivity contribution in [1.82, 2.24) is 5.32 Å². The first-order valence-corrected chi connectivity index (χ1v) is 10.3. The number of carbonyl (C=O) groups excluding carboxylic acids is 2. The van der Waals surface area contributed by atoms with Gasteiger partial charge in [-0.25, -0.2) is 4.79 Å². The van der Waals surface area contributed by atoms with Gasteiger partial charge in [-0.2, -0.15) is 0 Å². The Labute approximate surface area is 176 Å². The van der Waals surface area contributed by atoms with Crippen molar-refractivity contribution in [1.29, 1.82) is 0 Å². The predicted molar refractivity (Wildman–Crippen MR) is 114 cm³/mol. The van der Waals surface area contributed by atoms with E-state index in [-0.39, 0.29) is 6.04 Å². The number of amides is 3. The van der Waals surface area contributed by atoms with Crippen LogP contribution in [-0.4, -0.2) is 30.2 Å². The molecular formula is C23H27N3O4. The molecule has 7 heteroatoms. The number of benzene rings is 2. The summed E-state index contributed by atoms with van der Waals surface area (Å²) in [6.07, 6.45) is 4.05. The second kappa shape index (κ2) is 7.99. The molecule has 1 saturated carbocycles. The number of rotatable bonds is 4. The van der Waals surface area contributed by atoms with Crippen LogP contribution in [0.25, 0.3) is 0 Å². The molecule has 0 spiro atoms. The van der Waals surface area contributed by atoms with E-state index in [0.717, 1.165) is 30.6 Å². The number of aliphatic hydroxyl groups is 1. The smallest absolute Gasteiger partial charge is 0.329 e. The van der Waals surface area contributed by atoms with Crippen molar-refractivity contribution in [2.75, 3.05) is 17.3 Å². The van der Waals surface area contributed by atoms with Crippen molar-refractivity contribution in [2.45, 2.75) is 44.4 Å². The first-order chi connectivity index (χ1) is 14.4. The number of urea groups is 1. The number of nitrogens with zero attached hydrogens (tertiary/aromatic N) is 1. The summed E-state index contributed by atoms with van der Waals surface area (Å²) in [7, 11) is 1.52. The Hall–Kier alpha value is -3.06. The van der Waals surface area contributed by atoms with Gasteiger partial charge in [-0.15, -0.1) is 0 Å². The number of methoxy groups -OCH3 is 1. The summed E-state index contributed by atoms with van der Waals surface area (Å²) < 4.78 is 5.27. The Bertz CT molecular complexity index is 963. The molecule has 30 heavy (non-hydrogen) atoms. The zero-order chi connectivity index (χ0) is 21.3. The summed E-state index contributed by atoms with van der Waals surface area (Å²) in [5, 5.41) is 17.7. The molecule has 2 aromatic rings. The third kappa shape index (κ3) is 3.39. The lowest BCUT2D eigenvalue weighted by Gasteiger charge is -2.44. The fourth-order valence-electron chi connectivity index (χ4n) is 4.41. The van der Waals surface area contributed by atoms with Crippen molar-refractivity contribution in [3.63, 3.8) is 0 Å². The number of hydrogen-bond acceptors (Lipinski definition) is 4. The van der Waals surface area contributed by atoms with E-state index in [1.54, 1.807) is 48.5 Å². The maximum atomic E-state index is 13.6. The number of nitrogens with one attached hydrogen (secondary N) is 2. The van der Waals surface area contributed by atoms with Crippen LogP contribution >= 0.6 is 0 Å². The summed E-state index contributed by atoms with van der Waals surface area (Å²) in [5.41, 5.74) is -1.09. The number of anilines is 2. The van der Waals surface area contributed by atoms with Gasteiger partial charge in [-0.05, 0) is 37.0 Å². The monoisotopic (exact) mass is 409 g/mol. The third-order valence-corrected chi connectivity index (χ3v) is 6.13. The highest BCUT2D eigenvalue weighted by atomic mass is 16.5. The van der Waals surface area contributed by atoms with Gasteiger partial charge in [0.25, 0.3) is 11.6 Å². The molecule has 1 aliphatic carbocycles. The van der Waals surface area contributed by atoms with Crippen molar-refractivity contribution < 1.29 is 19.4 Å². The molecule has 0 aromatic heterocycles. The van der Waals surface area contributed by atoms with Gasteiger partial charge in [-0.3, -0.25) is 9.69 Å². The highest BCUT2D eigenvalue weighted by molar-refractivity contribution is 6.11. The molecule has 3 amide bonds. The standard InChI is InChI=1S/C23H27N3O4/c1-15-8-3-5-12-19(15)24-21(27)23(29)18-11-4-6-13-20(18)25-22(28)26(23)16-9-7-10-17(14-16)30-2/h4,6-7,9-11,13-15,19,29H,3,5,8,12H2,1-2H3,(H,24,27)(H,25,28). The highest BCUT2D eigenvalue weighted by Crippen LogP contribution is 2.41. The van der Waals surface area contributed by atoms with Crippen LogP contribution in [0, 0.1) is 5.92 Å². The molecule has 1 aliphatic heterocycles. The fourth-order valence-corrected chi connectivity index (χ4v) is 4.41. The van der Waals surface area contributed by atoms with Gasteiger partial charge >= 0.3 is 6.03 Å². The largest absolute Gasteiger partial charge is 0.497 e. The van der Waals surface area contributed by atoms with Crippen molar-refractivity contribution in [3.05, 3.63) is 54.1 Å². The molecule has 158 valence electrons. The lowest BCUT2D eigenvalue weighted by molar-refractivity contribution is -0.141. The summed E-state index contributed by atoms with van der Waals surface area (Å²) in [5.74, 6) is 0.221. The van der Waals surface area contributed by atoms with E-state index < -0.39 is 17.7 Å². The maximum Gasteiger partial charge on any atom is 0.329 e. The van der Waals surface area contributed by atoms with E-state index in [0.29, 0.717) is 28.6 Å². The highest BCUT2D eigenvalue weighted by Gasteiger charge is 2.52. The van der Waals surface area contributed by atoms with E-state index in [4.69, 9.17) is 4.74 Å². The molecule has 3 unspecified atom stereocenters. The van der Waals surface area contributed by atoms with Crippen LogP contribution in [0.2, 0.25) is 0 Å². The number of para-hydroxylation sites is 1. The van der Waals surface area contributed by atoms with Gasteiger partial charge < -0.3 is 20.5 Å². The zero-order valence-corrected chi connectivity index (χ0v) is 17.2. The Morgan fingerprint density at radius 2 is 1.97 bits per heavy atom. The lowest BCUT2D eigenvalue weighted by Crippen LogP contribution is -2.64. The van der Waals surface area contributed by atoms with Crippen LogP contribution in [0.3, 0.4) is 0 Å². The van der Waals surface area contributed by atoms with Crippen LogP contribution in [0.15, 0.2) is 48.5 Å². The van der Waals surface area contributed by atoms with Crippen LogP contribution < -0.4 is 20.3 Å². The normalized spacial score (nSPS) is 25.8. The topological polar surface area (TPSA) is 90.9 Å². The van der Waals surface area contributed by atoms with E-state index in [1.165, 1.54) is 7.11 Å². The van der Waals surface area contributed by atoms with Crippen LogP contribution in [0.1, 0.15) is 38.2 Å². The second-order valence-electron chi connectivity index (χ2n) is 8.03. The fraction of sp³-hybridized carbons (Fsp3) is 0.391. The number of hydrogen-bond donors (Lipinski definition) is 3. The minimum absolute atomic E-state index is 0.0421. The Morgan fingerprint density at radius 1 is 1.20 bits per heavy atom. The van der Waals surface area contributed by atoms with Crippen LogP contribution in [0.5, 0.6) is 5.75 Å². The molecule has 2 aliphatic rings. The minimum Gasteiger partial charge on any atom is -0.497 e. The average molecular weight is 409 g/mol. The quantitative estimate of drug-likeness (QED) is 0.720. The summed E-state index contributed by atoms with van der Waals surface area (Å²) in [4.78, 5) is 27.7. The van der Waals surface area contributed by atoms with Crippen LogP contribution in [0.4, 0.5) is 16.2 Å². The van der Waals surface area contributed by atoms with Gasteiger partial charge in [0.2, 0.25) is 0 Å². The van der Waals surface area contributed by atoms with Crippen LogP contribution in [-0.2, 0) is 10.5 Å². The Morgan fingerprint density at radius 3 is 2.73 bits per heavy atom. The summed E-state index contributed by atoms with van der Waals surface area (Å²) in [6, 6.07) is 12.9. The van der Waals surface area contributed by atoms with Crippen molar-refractivity contribution in [2.24, 2.45) is 5.92 Å². The summed E-state index contributed by atoms with van der Waals surface area (Å²) >= 11 is 0. The second-order valence-corrected chi connectivity index (χ2v) is 8.03. The van der Waals surface area contributed by atoms with E-state index in [9.17, 15) is 14.7 Å². The number of fused-ring (bicyclic) bond motifs is 1. The zero-order valence-electron chi connectivity index (χ0n) is 17.2. The molecule has 2 aromatic carbocycles. The van der Waals surface area contributed by atoms with Gasteiger partial charge in [0, 0.05) is 17.7 Å². The van der Waals surface area contributed by atoms with E-state index in [2.05, 4.69) is 17.6 Å². The molecule has 3 N–H and O–H groups in total. The molecule has 1 fully saturated rings. The summed E-state index contributed by atoms with van der Waals surface area (Å²) in [6.45, 7) is 2.11. The van der Waals surface area contributed by atoms with Gasteiger partial charge in [0.15, 0.2) is 0 Å². The molecule has 1 heterocycles. The molecular weight excluding hydrogens is 382 g/mol. The first-order valence-electron chi connectivity index (χ1n) is 10.3. The first kappa shape index (κ1) is 20.2. The molecule has 4 rings (SSSR count). The average Bonchev–Trinajstić information content (AvgIpc) is 2.75. The van der Waals surface area contributed by atoms with Gasteiger partial charge in [0.1, 0.15) is 5.75 Å². The Balaban J connectivity index is 1.79. The van der Waals surface area contributed by atoms with Crippen molar-refractivity contribution >= 4 is 23.3 Å². The van der Waals surface area contributed by atoms with Gasteiger partial charge in [-0.1, -0.05) is 44.0 Å². The maximum absolute atomic E-state index is 13.6. The van der Waals surface area contributed by atoms with Crippen molar-refractivity contribution in [3.8, 4) is 5.75 Å². The molecule has 7 nitrogen and oxygen atoms in total.